The summed E-state index contributed by atoms with van der Waals surface area (Å²) in [6.45, 7) is 5.70. The highest BCUT2D eigenvalue weighted by Gasteiger charge is 2.16. The van der Waals surface area contributed by atoms with Crippen molar-refractivity contribution < 1.29 is 17.7 Å². The smallest absolute Gasteiger partial charge is 0.256 e. The van der Waals surface area contributed by atoms with Gasteiger partial charge in [-0.2, -0.15) is 0 Å². The molecule has 2 aromatic heterocycles. The average molecular weight is 512 g/mol. The zero-order valence-electron chi connectivity index (χ0n) is 20.4. The lowest BCUT2D eigenvalue weighted by Gasteiger charge is -2.13. The van der Waals surface area contributed by atoms with Crippen LogP contribution in [0.3, 0.4) is 0 Å². The molecule has 0 spiro atoms. The van der Waals surface area contributed by atoms with Crippen LogP contribution in [0.2, 0.25) is 0 Å². The second-order valence-electron chi connectivity index (χ2n) is 8.73. The summed E-state index contributed by atoms with van der Waals surface area (Å²) in [7, 11) is -3.99. The molecule has 5 rings (SSSR count). The average Bonchev–Trinajstić information content (AvgIpc) is 3.27. The number of nitrogens with zero attached hydrogens (tertiary/aromatic N) is 3. The van der Waals surface area contributed by atoms with E-state index in [-0.39, 0.29) is 16.6 Å². The van der Waals surface area contributed by atoms with Crippen LogP contribution in [0.15, 0.2) is 88.3 Å². The van der Waals surface area contributed by atoms with E-state index in [0.717, 1.165) is 22.1 Å². The number of pyridine rings is 1. The molecule has 0 bridgehead atoms. The predicted octanol–water partition coefficient (Wildman–Crippen LogP) is 6.46. The highest BCUT2D eigenvalue weighted by atomic mass is 32.2. The van der Waals surface area contributed by atoms with Gasteiger partial charge in [0, 0.05) is 16.6 Å². The van der Waals surface area contributed by atoms with Gasteiger partial charge in [-0.3, -0.25) is 9.95 Å². The Bertz CT molecular complexity index is 1740. The SMILES string of the molecule is Cc1ccc(-c2cc(C(=O)Nc3ccc(S(=O)(=O)[N-]c4cc(C)on4)cc3)c3ccccc3n2)c(C)c1. The van der Waals surface area contributed by atoms with Crippen molar-refractivity contribution in [3.05, 3.63) is 106 Å². The minimum Gasteiger partial charge on any atom is -0.460 e. The Morgan fingerprint density at radius 2 is 1.68 bits per heavy atom. The fraction of sp³-hybridized carbons (Fsp3) is 0.107. The van der Waals surface area contributed by atoms with Crippen molar-refractivity contribution in [3.8, 4) is 11.3 Å². The second-order valence-corrected chi connectivity index (χ2v) is 10.3. The Balaban J connectivity index is 1.43. The number of rotatable bonds is 6. The minimum atomic E-state index is -3.99. The normalized spacial score (nSPS) is 11.4. The van der Waals surface area contributed by atoms with Crippen LogP contribution in [-0.2, 0) is 10.0 Å². The van der Waals surface area contributed by atoms with Crippen LogP contribution in [0.25, 0.3) is 26.9 Å². The molecule has 0 atom stereocenters. The third-order valence-corrected chi connectivity index (χ3v) is 7.15. The summed E-state index contributed by atoms with van der Waals surface area (Å²) in [5, 5.41) is 7.18. The molecule has 2 heterocycles. The molecule has 5 aromatic rings. The highest BCUT2D eigenvalue weighted by molar-refractivity contribution is 7.94. The van der Waals surface area contributed by atoms with Crippen molar-refractivity contribution in [2.75, 3.05) is 5.32 Å². The molecule has 8 nitrogen and oxygen atoms in total. The predicted molar refractivity (Wildman–Crippen MR) is 142 cm³/mol. The minimum absolute atomic E-state index is 0.0286. The first kappa shape index (κ1) is 24.2. The number of para-hydroxylation sites is 1. The largest absolute Gasteiger partial charge is 0.460 e. The number of benzene rings is 3. The summed E-state index contributed by atoms with van der Waals surface area (Å²) in [6, 6.07) is 22.6. The number of sulfonamides is 1. The number of nitrogens with one attached hydrogen (secondary N) is 1. The van der Waals surface area contributed by atoms with E-state index in [0.29, 0.717) is 28.2 Å². The highest BCUT2D eigenvalue weighted by Crippen LogP contribution is 2.30. The Morgan fingerprint density at radius 3 is 2.38 bits per heavy atom. The van der Waals surface area contributed by atoms with Crippen LogP contribution < -0.4 is 5.32 Å². The zero-order chi connectivity index (χ0) is 26.2. The molecular weight excluding hydrogens is 488 g/mol. The van der Waals surface area contributed by atoms with E-state index in [1.54, 1.807) is 13.0 Å². The number of hydrogen-bond acceptors (Lipinski definition) is 6. The molecule has 0 aliphatic rings. The topological polar surface area (TPSA) is 116 Å². The number of fused-ring (bicyclic) bond motifs is 1. The van der Waals surface area contributed by atoms with Crippen molar-refractivity contribution in [1.29, 1.82) is 0 Å². The molecule has 1 amide bonds. The standard InChI is InChI=1S/C28H24N4O4S/c1-17-8-13-22(18(2)14-17)26-16-24(23-6-4-5-7-25(23)30-26)28(33)29-20-9-11-21(12-10-20)37(34,35)32-27-15-19(3)36-31-27/h4-16H,1-3H3,(H2,29,31,32,33)/p-1. The second kappa shape index (κ2) is 9.51. The lowest BCUT2D eigenvalue weighted by Crippen LogP contribution is -2.13. The van der Waals surface area contributed by atoms with E-state index in [2.05, 4.69) is 21.3 Å². The third kappa shape index (κ3) is 5.07. The summed E-state index contributed by atoms with van der Waals surface area (Å²) in [5.41, 5.74) is 5.48. The number of carbonyl (C=O) groups excluding carboxylic acids is 1. The molecule has 0 aliphatic heterocycles. The fourth-order valence-electron chi connectivity index (χ4n) is 4.08. The van der Waals surface area contributed by atoms with E-state index in [9.17, 15) is 13.2 Å². The molecule has 0 aliphatic carbocycles. The molecule has 0 unspecified atom stereocenters. The summed E-state index contributed by atoms with van der Waals surface area (Å²) in [5.74, 6) is 0.0957. The molecule has 3 aromatic carbocycles. The van der Waals surface area contributed by atoms with Crippen LogP contribution in [-0.4, -0.2) is 24.5 Å². The van der Waals surface area contributed by atoms with Gasteiger partial charge in [0.1, 0.15) is 5.76 Å². The summed E-state index contributed by atoms with van der Waals surface area (Å²) in [4.78, 5) is 18.1. The molecule has 186 valence electrons. The molecule has 37 heavy (non-hydrogen) atoms. The van der Waals surface area contributed by atoms with Crippen LogP contribution in [0.1, 0.15) is 27.2 Å². The molecule has 0 fully saturated rings. The maximum atomic E-state index is 13.4. The van der Waals surface area contributed by atoms with Crippen LogP contribution in [0.5, 0.6) is 0 Å². The monoisotopic (exact) mass is 511 g/mol. The van der Waals surface area contributed by atoms with Crippen molar-refractivity contribution in [3.63, 3.8) is 0 Å². The lowest BCUT2D eigenvalue weighted by molar-refractivity contribution is 0.102. The van der Waals surface area contributed by atoms with E-state index in [1.165, 1.54) is 30.3 Å². The van der Waals surface area contributed by atoms with Gasteiger partial charge >= 0.3 is 0 Å². The van der Waals surface area contributed by atoms with Gasteiger partial charge in [-0.05, 0) is 74.6 Å². The quantitative estimate of drug-likeness (QED) is 0.280. The summed E-state index contributed by atoms with van der Waals surface area (Å²) >= 11 is 0. The number of anilines is 1. The number of hydrogen-bond donors (Lipinski definition) is 1. The Morgan fingerprint density at radius 1 is 0.919 bits per heavy atom. The number of aryl methyl sites for hydroxylation is 3. The first-order valence-corrected chi connectivity index (χ1v) is 12.9. The summed E-state index contributed by atoms with van der Waals surface area (Å²) < 4.78 is 33.7. The van der Waals surface area contributed by atoms with Gasteiger partial charge in [-0.15, -0.1) is 0 Å². The van der Waals surface area contributed by atoms with Crippen LogP contribution in [0.4, 0.5) is 11.5 Å². The number of carbonyl (C=O) groups is 1. The molecular formula is C28H23N4O4S-. The van der Waals surface area contributed by atoms with Gasteiger partial charge in [0.25, 0.3) is 5.91 Å². The van der Waals surface area contributed by atoms with Gasteiger partial charge in [-0.1, -0.05) is 42.0 Å². The molecule has 0 radical (unpaired) electrons. The number of aromatic nitrogens is 2. The Kier molecular flexibility index (Phi) is 6.22. The van der Waals surface area contributed by atoms with E-state index < -0.39 is 10.0 Å². The first-order chi connectivity index (χ1) is 17.7. The van der Waals surface area contributed by atoms with E-state index >= 15 is 0 Å². The van der Waals surface area contributed by atoms with Crippen molar-refractivity contribution in [2.24, 2.45) is 0 Å². The maximum Gasteiger partial charge on any atom is 0.256 e. The Hall–Kier alpha value is -4.50. The van der Waals surface area contributed by atoms with Crippen molar-refractivity contribution in [2.45, 2.75) is 25.7 Å². The summed E-state index contributed by atoms with van der Waals surface area (Å²) in [6.07, 6.45) is 0. The van der Waals surface area contributed by atoms with E-state index in [1.807, 2.05) is 50.2 Å². The number of amides is 1. The maximum absolute atomic E-state index is 13.4. The third-order valence-electron chi connectivity index (χ3n) is 5.86. The zero-order valence-corrected chi connectivity index (χ0v) is 21.2. The lowest BCUT2D eigenvalue weighted by atomic mass is 9.99. The van der Waals surface area contributed by atoms with Gasteiger partial charge in [-0.25, -0.2) is 13.4 Å². The van der Waals surface area contributed by atoms with Gasteiger partial charge in [0.2, 0.25) is 10.0 Å². The molecule has 0 saturated heterocycles. The van der Waals surface area contributed by atoms with Crippen LogP contribution >= 0.6 is 0 Å². The molecule has 0 saturated carbocycles. The van der Waals surface area contributed by atoms with Gasteiger partial charge < -0.3 is 14.6 Å². The van der Waals surface area contributed by atoms with Crippen molar-refractivity contribution >= 4 is 38.3 Å². The van der Waals surface area contributed by atoms with Crippen LogP contribution in [0, 0.1) is 20.8 Å². The fourth-order valence-corrected chi connectivity index (χ4v) is 5.00. The van der Waals surface area contributed by atoms with Gasteiger partial charge in [0.15, 0.2) is 0 Å². The van der Waals surface area contributed by atoms with Gasteiger partial charge in [0.05, 0.1) is 21.7 Å². The molecule has 1 N–H and O–H groups in total. The molecule has 9 heteroatoms. The first-order valence-electron chi connectivity index (χ1n) is 11.5. The Labute approximate surface area is 214 Å². The van der Waals surface area contributed by atoms with E-state index in [4.69, 9.17) is 9.51 Å². The van der Waals surface area contributed by atoms with Crippen molar-refractivity contribution in [1.82, 2.24) is 10.1 Å².